The molecule has 0 aliphatic carbocycles. The summed E-state index contributed by atoms with van der Waals surface area (Å²) in [6.07, 6.45) is 3.91. The number of imidazole rings is 1. The van der Waals surface area contributed by atoms with Gasteiger partial charge in [-0.2, -0.15) is 0 Å². The maximum Gasteiger partial charge on any atom is 0.126 e. The number of rotatable bonds is 4. The van der Waals surface area contributed by atoms with Gasteiger partial charge < -0.3 is 14.4 Å². The van der Waals surface area contributed by atoms with Gasteiger partial charge in [-0.05, 0) is 19.1 Å². The van der Waals surface area contributed by atoms with E-state index in [-0.39, 0.29) is 0 Å². The summed E-state index contributed by atoms with van der Waals surface area (Å²) in [5.74, 6) is 1.66. The van der Waals surface area contributed by atoms with Gasteiger partial charge >= 0.3 is 0 Å². The molecular weight excluding hydrogens is 228 g/mol. The molecule has 0 radical (unpaired) electrons. The third-order valence-electron chi connectivity index (χ3n) is 2.97. The van der Waals surface area contributed by atoms with E-state index in [1.54, 1.807) is 20.2 Å². The second-order valence-corrected chi connectivity index (χ2v) is 4.14. The highest BCUT2D eigenvalue weighted by molar-refractivity contribution is 5.51. The molecule has 0 fully saturated rings. The molecule has 18 heavy (non-hydrogen) atoms. The Kier molecular flexibility index (Phi) is 3.67. The minimum atomic E-state index is -0.594. The summed E-state index contributed by atoms with van der Waals surface area (Å²) in [6, 6.07) is 5.74. The largest absolute Gasteiger partial charge is 0.496 e. The van der Waals surface area contributed by atoms with Crippen LogP contribution in [-0.2, 0) is 6.42 Å². The first-order valence-electron chi connectivity index (χ1n) is 6.06. The average Bonchev–Trinajstić information content (AvgIpc) is 2.85. The van der Waals surface area contributed by atoms with Crippen LogP contribution >= 0.6 is 0 Å². The Bertz CT molecular complexity index is 532. The van der Waals surface area contributed by atoms with Gasteiger partial charge in [-0.15, -0.1) is 0 Å². The van der Waals surface area contributed by atoms with E-state index in [1.807, 2.05) is 29.0 Å². The van der Waals surface area contributed by atoms with Gasteiger partial charge in [0, 0.05) is 24.4 Å². The van der Waals surface area contributed by atoms with Crippen LogP contribution in [0.1, 0.15) is 31.3 Å². The monoisotopic (exact) mass is 246 g/mol. The van der Waals surface area contributed by atoms with Crippen molar-refractivity contribution in [3.63, 3.8) is 0 Å². The third kappa shape index (κ3) is 2.11. The minimum absolute atomic E-state index is 0.594. The van der Waals surface area contributed by atoms with Gasteiger partial charge in [0.05, 0.1) is 18.9 Å². The summed E-state index contributed by atoms with van der Waals surface area (Å²) in [5, 5.41) is 9.97. The Hall–Kier alpha value is -1.81. The van der Waals surface area contributed by atoms with Crippen molar-refractivity contribution in [3.05, 3.63) is 42.0 Å². The lowest BCUT2D eigenvalue weighted by Crippen LogP contribution is -2.07. The number of benzene rings is 1. The van der Waals surface area contributed by atoms with Gasteiger partial charge in [0.1, 0.15) is 11.6 Å². The van der Waals surface area contributed by atoms with Gasteiger partial charge in [-0.3, -0.25) is 0 Å². The number of aryl methyl sites for hydroxylation is 1. The second kappa shape index (κ2) is 5.23. The number of methoxy groups -OCH3 is 1. The number of aliphatic hydroxyl groups excluding tert-OH is 1. The fraction of sp³-hybridized carbons (Fsp3) is 0.357. The SMILES string of the molecule is CCc1nccn1-c1cccc(OC)c1[C@@H](C)O. The van der Waals surface area contributed by atoms with Crippen LogP contribution < -0.4 is 4.74 Å². The number of hydrogen-bond donors (Lipinski definition) is 1. The zero-order chi connectivity index (χ0) is 13.1. The fourth-order valence-electron chi connectivity index (χ4n) is 2.16. The molecular formula is C14H18N2O2. The van der Waals surface area contributed by atoms with Crippen molar-refractivity contribution in [2.45, 2.75) is 26.4 Å². The first-order chi connectivity index (χ1) is 8.69. The summed E-state index contributed by atoms with van der Waals surface area (Å²) in [5.41, 5.74) is 1.70. The Balaban J connectivity index is 2.64. The molecule has 1 aromatic heterocycles. The van der Waals surface area contributed by atoms with Crippen molar-refractivity contribution in [1.29, 1.82) is 0 Å². The van der Waals surface area contributed by atoms with Crippen LogP contribution in [-0.4, -0.2) is 21.8 Å². The van der Waals surface area contributed by atoms with Crippen LogP contribution in [0.3, 0.4) is 0 Å². The lowest BCUT2D eigenvalue weighted by molar-refractivity contribution is 0.194. The van der Waals surface area contributed by atoms with Crippen LogP contribution in [0, 0.1) is 0 Å². The Morgan fingerprint density at radius 2 is 2.22 bits per heavy atom. The van der Waals surface area contributed by atoms with E-state index < -0.39 is 6.10 Å². The topological polar surface area (TPSA) is 47.3 Å². The van der Waals surface area contributed by atoms with Crippen molar-refractivity contribution in [2.24, 2.45) is 0 Å². The molecule has 0 spiro atoms. The van der Waals surface area contributed by atoms with E-state index in [2.05, 4.69) is 11.9 Å². The smallest absolute Gasteiger partial charge is 0.126 e. The van der Waals surface area contributed by atoms with E-state index in [1.165, 1.54) is 0 Å². The fourth-order valence-corrected chi connectivity index (χ4v) is 2.16. The normalized spacial score (nSPS) is 12.4. The molecule has 0 saturated heterocycles. The van der Waals surface area contributed by atoms with Crippen molar-refractivity contribution in [2.75, 3.05) is 7.11 Å². The van der Waals surface area contributed by atoms with Gasteiger partial charge in [0.25, 0.3) is 0 Å². The second-order valence-electron chi connectivity index (χ2n) is 4.14. The van der Waals surface area contributed by atoms with E-state index in [9.17, 15) is 5.11 Å². The van der Waals surface area contributed by atoms with E-state index >= 15 is 0 Å². The molecule has 4 heteroatoms. The zero-order valence-corrected chi connectivity index (χ0v) is 10.9. The molecule has 0 saturated carbocycles. The van der Waals surface area contributed by atoms with Gasteiger partial charge in [-0.1, -0.05) is 13.0 Å². The maximum atomic E-state index is 9.97. The quantitative estimate of drug-likeness (QED) is 0.901. The predicted octanol–water partition coefficient (Wildman–Crippen LogP) is 2.50. The van der Waals surface area contributed by atoms with Gasteiger partial charge in [-0.25, -0.2) is 4.98 Å². The Morgan fingerprint density at radius 3 is 2.83 bits per heavy atom. The number of nitrogens with zero attached hydrogens (tertiary/aromatic N) is 2. The summed E-state index contributed by atoms with van der Waals surface area (Å²) < 4.78 is 7.32. The number of aromatic nitrogens is 2. The van der Waals surface area contributed by atoms with Crippen molar-refractivity contribution in [1.82, 2.24) is 9.55 Å². The Morgan fingerprint density at radius 1 is 1.44 bits per heavy atom. The molecule has 4 nitrogen and oxygen atoms in total. The summed E-state index contributed by atoms with van der Waals surface area (Å²) in [7, 11) is 1.61. The van der Waals surface area contributed by atoms with Crippen molar-refractivity contribution in [3.8, 4) is 11.4 Å². The van der Waals surface area contributed by atoms with Crippen LogP contribution in [0.25, 0.3) is 5.69 Å². The van der Waals surface area contributed by atoms with E-state index in [0.717, 1.165) is 23.5 Å². The standard InChI is InChI=1S/C14H18N2O2/c1-4-13-15-8-9-16(13)11-6-5-7-12(18-3)14(11)10(2)17/h5-10,17H,4H2,1-3H3/t10-/m1/s1. The van der Waals surface area contributed by atoms with Gasteiger partial charge in [0.15, 0.2) is 0 Å². The van der Waals surface area contributed by atoms with Crippen LogP contribution in [0.4, 0.5) is 0 Å². The molecule has 1 aromatic carbocycles. The maximum absolute atomic E-state index is 9.97. The van der Waals surface area contributed by atoms with Crippen LogP contribution in [0.15, 0.2) is 30.6 Å². The van der Waals surface area contributed by atoms with E-state index in [4.69, 9.17) is 4.74 Å². The summed E-state index contributed by atoms with van der Waals surface area (Å²) in [6.45, 7) is 3.80. The molecule has 1 N–H and O–H groups in total. The molecule has 0 aliphatic heterocycles. The first-order valence-corrected chi connectivity index (χ1v) is 6.06. The number of aliphatic hydroxyl groups is 1. The molecule has 1 atom stereocenters. The predicted molar refractivity (Wildman–Crippen MR) is 70.1 cm³/mol. The highest BCUT2D eigenvalue weighted by Crippen LogP contribution is 2.31. The zero-order valence-electron chi connectivity index (χ0n) is 10.9. The van der Waals surface area contributed by atoms with E-state index in [0.29, 0.717) is 5.75 Å². The molecule has 2 aromatic rings. The number of hydrogen-bond acceptors (Lipinski definition) is 3. The lowest BCUT2D eigenvalue weighted by atomic mass is 10.1. The molecule has 0 aliphatic rings. The molecule has 2 rings (SSSR count). The molecule has 96 valence electrons. The van der Waals surface area contributed by atoms with Crippen molar-refractivity contribution >= 4 is 0 Å². The van der Waals surface area contributed by atoms with Crippen LogP contribution in [0.5, 0.6) is 5.75 Å². The first kappa shape index (κ1) is 12.6. The molecule has 1 heterocycles. The van der Waals surface area contributed by atoms with Crippen LogP contribution in [0.2, 0.25) is 0 Å². The van der Waals surface area contributed by atoms with Crippen molar-refractivity contribution < 1.29 is 9.84 Å². The molecule has 0 unspecified atom stereocenters. The summed E-state index contributed by atoms with van der Waals surface area (Å²) in [4.78, 5) is 4.31. The average molecular weight is 246 g/mol. The third-order valence-corrected chi connectivity index (χ3v) is 2.97. The highest BCUT2D eigenvalue weighted by atomic mass is 16.5. The summed E-state index contributed by atoms with van der Waals surface area (Å²) >= 11 is 0. The Labute approximate surface area is 107 Å². The minimum Gasteiger partial charge on any atom is -0.496 e. The molecule has 0 amide bonds. The van der Waals surface area contributed by atoms with Gasteiger partial charge in [0.2, 0.25) is 0 Å². The number of ether oxygens (including phenoxy) is 1. The lowest BCUT2D eigenvalue weighted by Gasteiger charge is -2.17. The molecule has 0 bridgehead atoms. The highest BCUT2D eigenvalue weighted by Gasteiger charge is 2.16.